The Morgan fingerprint density at radius 2 is 2.17 bits per heavy atom. The number of nitrogens with two attached hydrogens (primary N) is 1. The third kappa shape index (κ3) is 2.25. The van der Waals surface area contributed by atoms with Gasteiger partial charge in [0.15, 0.2) is 0 Å². The Kier molecular flexibility index (Phi) is 3.93. The molecule has 3 rings (SSSR count). The van der Waals surface area contributed by atoms with E-state index in [0.29, 0.717) is 30.8 Å². The third-order valence-corrected chi connectivity index (χ3v) is 3.97. The molecule has 4 heteroatoms. The summed E-state index contributed by atoms with van der Waals surface area (Å²) in [5.41, 5.74) is 8.31. The van der Waals surface area contributed by atoms with Crippen molar-refractivity contribution in [2.24, 2.45) is 11.7 Å². The number of amides is 1. The van der Waals surface area contributed by atoms with Gasteiger partial charge in [0.2, 0.25) is 5.91 Å². The molecule has 1 aromatic carbocycles. The first kappa shape index (κ1) is 13.4. The Morgan fingerprint density at radius 1 is 1.39 bits per heavy atom. The van der Waals surface area contributed by atoms with Crippen molar-refractivity contribution < 1.29 is 4.79 Å². The number of halogens is 1. The van der Waals surface area contributed by atoms with Gasteiger partial charge in [-0.3, -0.25) is 4.79 Å². The molecule has 3 unspecified atom stereocenters. The monoisotopic (exact) mass is 266 g/mol. The molecule has 3 N–H and O–H groups in total. The van der Waals surface area contributed by atoms with E-state index in [4.69, 9.17) is 5.73 Å². The molecule has 1 amide bonds. The molecular weight excluding hydrogens is 248 g/mol. The minimum Gasteiger partial charge on any atom is -0.352 e. The Balaban J connectivity index is 0.00000120. The molecule has 3 atom stereocenters. The lowest BCUT2D eigenvalue weighted by molar-refractivity contribution is -0.121. The van der Waals surface area contributed by atoms with Crippen LogP contribution in [-0.2, 0) is 11.2 Å². The average molecular weight is 267 g/mol. The van der Waals surface area contributed by atoms with Crippen LogP contribution in [0.2, 0.25) is 0 Å². The SMILES string of the molecule is Cl.NCCCC(=O)NC1C2Cc3ccccc3C21. The van der Waals surface area contributed by atoms with E-state index in [1.807, 2.05) is 0 Å². The highest BCUT2D eigenvalue weighted by atomic mass is 35.5. The van der Waals surface area contributed by atoms with Crippen molar-refractivity contribution in [3.63, 3.8) is 0 Å². The average Bonchev–Trinajstić information content (AvgIpc) is 2.86. The van der Waals surface area contributed by atoms with Gasteiger partial charge in [-0.2, -0.15) is 0 Å². The van der Waals surface area contributed by atoms with Crippen molar-refractivity contribution in [1.82, 2.24) is 5.32 Å². The molecular formula is C14H19ClN2O. The van der Waals surface area contributed by atoms with Crippen LogP contribution in [0.3, 0.4) is 0 Å². The summed E-state index contributed by atoms with van der Waals surface area (Å²) in [7, 11) is 0. The molecule has 2 aliphatic carbocycles. The Bertz CT molecular complexity index is 449. The molecule has 0 aliphatic heterocycles. The second-order valence-electron chi connectivity index (χ2n) is 5.08. The standard InChI is InChI=1S/C14H18N2O.ClH/c15-7-3-6-12(17)16-14-11-8-9-4-1-2-5-10(9)13(11)14;/h1-2,4-5,11,13-14H,3,6-8,15H2,(H,16,17);1H. The lowest BCUT2D eigenvalue weighted by Gasteiger charge is -2.09. The summed E-state index contributed by atoms with van der Waals surface area (Å²) >= 11 is 0. The third-order valence-electron chi connectivity index (χ3n) is 3.97. The summed E-state index contributed by atoms with van der Waals surface area (Å²) in [4.78, 5) is 11.6. The van der Waals surface area contributed by atoms with Crippen molar-refractivity contribution >= 4 is 18.3 Å². The first-order valence-corrected chi connectivity index (χ1v) is 6.38. The van der Waals surface area contributed by atoms with Gasteiger partial charge in [0.05, 0.1) is 0 Å². The lowest BCUT2D eigenvalue weighted by atomic mass is 10.1. The number of hydrogen-bond donors (Lipinski definition) is 2. The normalized spacial score (nSPS) is 26.8. The molecule has 0 aromatic heterocycles. The van der Waals surface area contributed by atoms with Crippen molar-refractivity contribution in [2.45, 2.75) is 31.2 Å². The molecule has 2 aliphatic rings. The molecule has 1 aromatic rings. The molecule has 3 nitrogen and oxygen atoms in total. The van der Waals surface area contributed by atoms with Gasteiger partial charge in [-0.15, -0.1) is 12.4 Å². The van der Waals surface area contributed by atoms with Crippen LogP contribution in [0, 0.1) is 5.92 Å². The zero-order valence-corrected chi connectivity index (χ0v) is 11.1. The van der Waals surface area contributed by atoms with Crippen LogP contribution in [0.5, 0.6) is 0 Å². The molecule has 0 radical (unpaired) electrons. The smallest absolute Gasteiger partial charge is 0.220 e. The molecule has 0 bridgehead atoms. The lowest BCUT2D eigenvalue weighted by Crippen LogP contribution is -2.28. The number of fused-ring (bicyclic) bond motifs is 3. The zero-order chi connectivity index (χ0) is 11.8. The molecule has 98 valence electrons. The fraction of sp³-hybridized carbons (Fsp3) is 0.500. The topological polar surface area (TPSA) is 55.1 Å². The molecule has 18 heavy (non-hydrogen) atoms. The molecule has 0 spiro atoms. The van der Waals surface area contributed by atoms with Crippen LogP contribution in [0.4, 0.5) is 0 Å². The Morgan fingerprint density at radius 3 is 2.94 bits per heavy atom. The summed E-state index contributed by atoms with van der Waals surface area (Å²) in [5.74, 6) is 1.38. The van der Waals surface area contributed by atoms with Gasteiger partial charge in [-0.1, -0.05) is 24.3 Å². The van der Waals surface area contributed by atoms with Crippen LogP contribution in [0.15, 0.2) is 24.3 Å². The Hall–Kier alpha value is -1.06. The summed E-state index contributed by atoms with van der Waals surface area (Å²) < 4.78 is 0. The highest BCUT2D eigenvalue weighted by Gasteiger charge is 2.55. The zero-order valence-electron chi connectivity index (χ0n) is 10.3. The van der Waals surface area contributed by atoms with E-state index in [1.54, 1.807) is 0 Å². The van der Waals surface area contributed by atoms with Crippen molar-refractivity contribution in [1.29, 1.82) is 0 Å². The van der Waals surface area contributed by atoms with Gasteiger partial charge in [-0.05, 0) is 36.4 Å². The van der Waals surface area contributed by atoms with Gasteiger partial charge in [0.1, 0.15) is 0 Å². The van der Waals surface area contributed by atoms with Crippen LogP contribution < -0.4 is 11.1 Å². The maximum absolute atomic E-state index is 11.6. The van der Waals surface area contributed by atoms with Gasteiger partial charge >= 0.3 is 0 Å². The highest BCUT2D eigenvalue weighted by Crippen LogP contribution is 2.56. The molecule has 1 saturated carbocycles. The summed E-state index contributed by atoms with van der Waals surface area (Å²) in [6, 6.07) is 8.97. The minimum absolute atomic E-state index is 0. The van der Waals surface area contributed by atoms with Crippen LogP contribution in [-0.4, -0.2) is 18.5 Å². The number of nitrogens with one attached hydrogen (secondary N) is 1. The van der Waals surface area contributed by atoms with E-state index in [2.05, 4.69) is 29.6 Å². The first-order chi connectivity index (χ1) is 8.31. The number of carbonyl (C=O) groups is 1. The highest BCUT2D eigenvalue weighted by molar-refractivity contribution is 5.85. The minimum atomic E-state index is 0. The van der Waals surface area contributed by atoms with Crippen LogP contribution in [0.25, 0.3) is 0 Å². The van der Waals surface area contributed by atoms with E-state index in [9.17, 15) is 4.79 Å². The number of rotatable bonds is 4. The van der Waals surface area contributed by atoms with Crippen molar-refractivity contribution in [3.8, 4) is 0 Å². The van der Waals surface area contributed by atoms with Crippen molar-refractivity contribution in [3.05, 3.63) is 35.4 Å². The predicted molar refractivity (Wildman–Crippen MR) is 73.8 cm³/mol. The van der Waals surface area contributed by atoms with Gasteiger partial charge < -0.3 is 11.1 Å². The largest absolute Gasteiger partial charge is 0.352 e. The molecule has 1 fully saturated rings. The maximum atomic E-state index is 11.6. The summed E-state index contributed by atoms with van der Waals surface area (Å²) in [6.07, 6.45) is 2.47. The van der Waals surface area contributed by atoms with Gasteiger partial charge in [0, 0.05) is 18.4 Å². The summed E-state index contributed by atoms with van der Waals surface area (Å²) in [6.45, 7) is 0.591. The van der Waals surface area contributed by atoms with Crippen LogP contribution in [0.1, 0.15) is 29.9 Å². The maximum Gasteiger partial charge on any atom is 0.220 e. The van der Waals surface area contributed by atoms with Gasteiger partial charge in [-0.25, -0.2) is 0 Å². The van der Waals surface area contributed by atoms with E-state index >= 15 is 0 Å². The first-order valence-electron chi connectivity index (χ1n) is 6.38. The fourth-order valence-electron chi connectivity index (χ4n) is 3.07. The molecule has 0 heterocycles. The predicted octanol–water partition coefficient (Wildman–Crippen LogP) is 1.60. The Labute approximate surface area is 114 Å². The van der Waals surface area contributed by atoms with Crippen LogP contribution >= 0.6 is 12.4 Å². The van der Waals surface area contributed by atoms with Gasteiger partial charge in [0.25, 0.3) is 0 Å². The number of carbonyl (C=O) groups excluding carboxylic acids is 1. The van der Waals surface area contributed by atoms with E-state index in [0.717, 1.165) is 12.8 Å². The fourth-order valence-corrected chi connectivity index (χ4v) is 3.07. The second kappa shape index (κ2) is 5.29. The van der Waals surface area contributed by atoms with E-state index < -0.39 is 0 Å². The van der Waals surface area contributed by atoms with E-state index in [1.165, 1.54) is 11.1 Å². The van der Waals surface area contributed by atoms with E-state index in [-0.39, 0.29) is 18.3 Å². The van der Waals surface area contributed by atoms with Crippen molar-refractivity contribution in [2.75, 3.05) is 6.54 Å². The second-order valence-corrected chi connectivity index (χ2v) is 5.08. The number of hydrogen-bond acceptors (Lipinski definition) is 2. The molecule has 0 saturated heterocycles. The number of benzene rings is 1. The summed E-state index contributed by atoms with van der Waals surface area (Å²) in [5, 5.41) is 3.14. The quantitative estimate of drug-likeness (QED) is 0.870.